The van der Waals surface area contributed by atoms with Gasteiger partial charge in [-0.05, 0) is 44.5 Å². The number of ether oxygens (including phenoxy) is 2. The van der Waals surface area contributed by atoms with Crippen LogP contribution in [0.3, 0.4) is 0 Å². The van der Waals surface area contributed by atoms with Gasteiger partial charge in [0.05, 0.1) is 5.69 Å². The van der Waals surface area contributed by atoms with E-state index in [0.29, 0.717) is 23.7 Å². The van der Waals surface area contributed by atoms with E-state index in [4.69, 9.17) is 9.47 Å². The van der Waals surface area contributed by atoms with E-state index in [2.05, 4.69) is 10.6 Å². The van der Waals surface area contributed by atoms with Crippen LogP contribution in [-0.2, 0) is 20.9 Å². The van der Waals surface area contributed by atoms with Gasteiger partial charge < -0.3 is 14.8 Å². The van der Waals surface area contributed by atoms with Gasteiger partial charge >= 0.3 is 6.09 Å². The van der Waals surface area contributed by atoms with Crippen molar-refractivity contribution in [3.8, 4) is 5.75 Å². The fourth-order valence-corrected chi connectivity index (χ4v) is 2.87. The van der Waals surface area contributed by atoms with E-state index in [1.54, 1.807) is 39.0 Å². The van der Waals surface area contributed by atoms with Crippen molar-refractivity contribution in [3.05, 3.63) is 54.1 Å². The molecule has 1 heterocycles. The zero-order chi connectivity index (χ0) is 21.7. The van der Waals surface area contributed by atoms with Crippen molar-refractivity contribution < 1.29 is 23.9 Å². The first-order valence-electron chi connectivity index (χ1n) is 9.59. The van der Waals surface area contributed by atoms with E-state index >= 15 is 0 Å². The Morgan fingerprint density at radius 2 is 1.87 bits per heavy atom. The molecule has 30 heavy (non-hydrogen) atoms. The van der Waals surface area contributed by atoms with Crippen LogP contribution >= 0.6 is 0 Å². The molecule has 3 amide bonds. The van der Waals surface area contributed by atoms with Crippen molar-refractivity contribution in [1.82, 2.24) is 5.32 Å². The Hall–Kier alpha value is -3.55. The third-order valence-electron chi connectivity index (χ3n) is 4.18. The van der Waals surface area contributed by atoms with Crippen LogP contribution in [0.5, 0.6) is 5.75 Å². The molecule has 0 radical (unpaired) electrons. The normalized spacial score (nSPS) is 13.2. The molecule has 3 rings (SSSR count). The number of carbonyl (C=O) groups is 3. The minimum absolute atomic E-state index is 0.155. The Morgan fingerprint density at radius 3 is 2.57 bits per heavy atom. The highest BCUT2D eigenvalue weighted by atomic mass is 16.6. The number of hydrogen-bond donors (Lipinski definition) is 2. The number of nitrogens with zero attached hydrogens (tertiary/aromatic N) is 1. The first kappa shape index (κ1) is 21.2. The lowest BCUT2D eigenvalue weighted by Crippen LogP contribution is -2.45. The molecule has 158 valence electrons. The molecule has 1 aliphatic rings. The maximum absolute atomic E-state index is 12.4. The van der Waals surface area contributed by atoms with Gasteiger partial charge in [-0.1, -0.05) is 30.3 Å². The smallest absolute Gasteiger partial charge is 0.412 e. The first-order chi connectivity index (χ1) is 14.2. The minimum Gasteiger partial charge on any atom is -0.482 e. The first-order valence-corrected chi connectivity index (χ1v) is 9.59. The molecule has 0 fully saturated rings. The van der Waals surface area contributed by atoms with Gasteiger partial charge in [-0.2, -0.15) is 0 Å². The van der Waals surface area contributed by atoms with Crippen molar-refractivity contribution in [2.45, 2.75) is 32.9 Å². The predicted octanol–water partition coefficient (Wildman–Crippen LogP) is 3.08. The van der Waals surface area contributed by atoms with Crippen LogP contribution in [0.4, 0.5) is 16.2 Å². The number of rotatable bonds is 5. The largest absolute Gasteiger partial charge is 0.482 e. The molecule has 2 aromatic rings. The Kier molecular flexibility index (Phi) is 6.25. The van der Waals surface area contributed by atoms with Crippen LogP contribution in [-0.4, -0.2) is 36.7 Å². The van der Waals surface area contributed by atoms with Crippen molar-refractivity contribution in [2.24, 2.45) is 0 Å². The lowest BCUT2D eigenvalue weighted by atomic mass is 10.2. The Bertz CT molecular complexity index is 938. The van der Waals surface area contributed by atoms with Crippen LogP contribution < -0.4 is 20.3 Å². The van der Waals surface area contributed by atoms with E-state index in [1.807, 2.05) is 30.3 Å². The third kappa shape index (κ3) is 5.73. The lowest BCUT2D eigenvalue weighted by molar-refractivity contribution is -0.125. The van der Waals surface area contributed by atoms with Crippen LogP contribution in [0.15, 0.2) is 48.5 Å². The van der Waals surface area contributed by atoms with Gasteiger partial charge in [0.15, 0.2) is 6.61 Å². The molecule has 2 aromatic carbocycles. The van der Waals surface area contributed by atoms with Crippen LogP contribution in [0.25, 0.3) is 0 Å². The molecular formula is C22H25N3O5. The molecule has 0 aliphatic carbocycles. The zero-order valence-electron chi connectivity index (χ0n) is 17.2. The molecule has 0 spiro atoms. The second-order valence-corrected chi connectivity index (χ2v) is 7.84. The molecule has 0 unspecified atom stereocenters. The van der Waals surface area contributed by atoms with Crippen LogP contribution in [0.1, 0.15) is 26.3 Å². The summed E-state index contributed by atoms with van der Waals surface area (Å²) in [4.78, 5) is 38.2. The van der Waals surface area contributed by atoms with Gasteiger partial charge in [-0.15, -0.1) is 0 Å². The number of anilines is 2. The molecule has 0 atom stereocenters. The number of nitrogens with one attached hydrogen (secondary N) is 2. The number of amides is 3. The van der Waals surface area contributed by atoms with E-state index in [1.165, 1.54) is 4.90 Å². The van der Waals surface area contributed by atoms with E-state index in [9.17, 15) is 14.4 Å². The van der Waals surface area contributed by atoms with Gasteiger partial charge in [0, 0.05) is 12.2 Å². The van der Waals surface area contributed by atoms with E-state index < -0.39 is 11.7 Å². The number of fused-ring (bicyclic) bond motifs is 1. The summed E-state index contributed by atoms with van der Waals surface area (Å²) in [5.41, 5.74) is 1.16. The van der Waals surface area contributed by atoms with Crippen LogP contribution in [0, 0.1) is 0 Å². The Balaban J connectivity index is 1.69. The number of hydrogen-bond acceptors (Lipinski definition) is 5. The quantitative estimate of drug-likeness (QED) is 0.788. The molecule has 8 heteroatoms. The molecular weight excluding hydrogens is 386 g/mol. The second kappa shape index (κ2) is 8.86. The third-order valence-corrected chi connectivity index (χ3v) is 4.18. The molecule has 2 N–H and O–H groups in total. The fourth-order valence-electron chi connectivity index (χ4n) is 2.87. The van der Waals surface area contributed by atoms with E-state index in [0.717, 1.165) is 5.56 Å². The average molecular weight is 411 g/mol. The summed E-state index contributed by atoms with van der Waals surface area (Å²) in [6.45, 7) is 5.35. The highest BCUT2D eigenvalue weighted by Gasteiger charge is 2.28. The zero-order valence-corrected chi connectivity index (χ0v) is 17.2. The number of benzene rings is 2. The number of carbonyl (C=O) groups excluding carboxylic acids is 3. The lowest BCUT2D eigenvalue weighted by Gasteiger charge is -2.29. The molecule has 1 aliphatic heterocycles. The monoisotopic (exact) mass is 411 g/mol. The summed E-state index contributed by atoms with van der Waals surface area (Å²) in [5.74, 6) is -0.183. The highest BCUT2D eigenvalue weighted by molar-refractivity contribution is 6.03. The van der Waals surface area contributed by atoms with Gasteiger partial charge in [0.25, 0.3) is 5.91 Å². The summed E-state index contributed by atoms with van der Waals surface area (Å²) in [6, 6.07) is 14.4. The maximum atomic E-state index is 12.4. The molecule has 0 bridgehead atoms. The van der Waals surface area contributed by atoms with Gasteiger partial charge in [-0.3, -0.25) is 19.8 Å². The molecule has 0 aromatic heterocycles. The summed E-state index contributed by atoms with van der Waals surface area (Å²) in [6.07, 6.45) is -0.613. The Morgan fingerprint density at radius 1 is 1.13 bits per heavy atom. The Labute approximate surface area is 175 Å². The maximum Gasteiger partial charge on any atom is 0.412 e. The van der Waals surface area contributed by atoms with E-state index in [-0.39, 0.29) is 25.0 Å². The average Bonchev–Trinajstić information content (AvgIpc) is 2.68. The second-order valence-electron chi connectivity index (χ2n) is 7.84. The van der Waals surface area contributed by atoms with Gasteiger partial charge in [0.1, 0.15) is 17.9 Å². The minimum atomic E-state index is -0.639. The summed E-state index contributed by atoms with van der Waals surface area (Å²) in [7, 11) is 0. The molecule has 0 saturated carbocycles. The van der Waals surface area contributed by atoms with Crippen molar-refractivity contribution in [2.75, 3.05) is 23.4 Å². The topological polar surface area (TPSA) is 97.0 Å². The molecule has 0 saturated heterocycles. The van der Waals surface area contributed by atoms with Crippen molar-refractivity contribution in [1.29, 1.82) is 0 Å². The highest BCUT2D eigenvalue weighted by Crippen LogP contribution is 2.34. The molecule has 8 nitrogen and oxygen atoms in total. The van der Waals surface area contributed by atoms with Gasteiger partial charge in [-0.25, -0.2) is 4.79 Å². The van der Waals surface area contributed by atoms with Crippen molar-refractivity contribution >= 4 is 29.3 Å². The SMILES string of the molecule is CC(C)(C)OC(=O)Nc1ccc2c(c1)N(CC(=O)NCc1ccccc1)C(=O)CO2. The van der Waals surface area contributed by atoms with Crippen molar-refractivity contribution in [3.63, 3.8) is 0 Å². The van der Waals surface area contributed by atoms with Crippen LogP contribution in [0.2, 0.25) is 0 Å². The summed E-state index contributed by atoms with van der Waals surface area (Å²) in [5, 5.41) is 5.44. The van der Waals surface area contributed by atoms with Gasteiger partial charge in [0.2, 0.25) is 5.91 Å². The predicted molar refractivity (Wildman–Crippen MR) is 112 cm³/mol. The fraction of sp³-hybridized carbons (Fsp3) is 0.318. The summed E-state index contributed by atoms with van der Waals surface area (Å²) >= 11 is 0. The standard InChI is InChI=1S/C22H25N3O5/c1-22(2,3)30-21(28)24-16-9-10-18-17(11-16)25(20(27)14-29-18)13-19(26)23-12-15-7-5-4-6-8-15/h4-11H,12-14H2,1-3H3,(H,23,26)(H,24,28). The summed E-state index contributed by atoms with van der Waals surface area (Å²) < 4.78 is 10.7.